The Kier molecular flexibility index (Phi) is 5.03. The van der Waals surface area contributed by atoms with E-state index in [4.69, 9.17) is 27.9 Å². The number of rotatable bonds is 4. The van der Waals surface area contributed by atoms with E-state index in [2.05, 4.69) is 5.32 Å². The predicted octanol–water partition coefficient (Wildman–Crippen LogP) is 1.25. The van der Waals surface area contributed by atoms with Crippen LogP contribution in [-0.4, -0.2) is 42.3 Å². The van der Waals surface area contributed by atoms with E-state index in [1.54, 1.807) is 18.2 Å². The van der Waals surface area contributed by atoms with E-state index >= 15 is 0 Å². The molecule has 1 N–H and O–H groups in total. The Morgan fingerprint density at radius 2 is 1.86 bits per heavy atom. The number of carbonyl (C=O) groups is 3. The van der Waals surface area contributed by atoms with Gasteiger partial charge in [0.05, 0.1) is 23.1 Å². The summed E-state index contributed by atoms with van der Waals surface area (Å²) in [5.41, 5.74) is 0. The van der Waals surface area contributed by atoms with E-state index in [0.717, 1.165) is 0 Å². The second-order valence-electron chi connectivity index (χ2n) is 4.40. The summed E-state index contributed by atoms with van der Waals surface area (Å²) in [6.07, 6.45) is 0.0564. The average Bonchev–Trinajstić information content (AvgIpc) is 2.41. The van der Waals surface area contributed by atoms with Crippen LogP contribution in [0.25, 0.3) is 0 Å². The van der Waals surface area contributed by atoms with Crippen LogP contribution < -0.4 is 10.1 Å². The molecule has 0 atom stereocenters. The number of benzene rings is 1. The van der Waals surface area contributed by atoms with Gasteiger partial charge in [0, 0.05) is 6.07 Å². The van der Waals surface area contributed by atoms with E-state index in [9.17, 15) is 14.4 Å². The molecule has 0 bridgehead atoms. The molecule has 0 aromatic heterocycles. The SMILES string of the molecule is O=C1CN(C(=O)CCOc2ccc(Cl)c(Cl)c2)CC(=O)N1. The lowest BCUT2D eigenvalue weighted by molar-refractivity contribution is -0.145. The van der Waals surface area contributed by atoms with Crippen LogP contribution in [0.3, 0.4) is 0 Å². The zero-order valence-electron chi connectivity index (χ0n) is 10.9. The fourth-order valence-corrected chi connectivity index (χ4v) is 2.08. The Morgan fingerprint density at radius 3 is 2.48 bits per heavy atom. The van der Waals surface area contributed by atoms with Crippen molar-refractivity contribution in [2.45, 2.75) is 6.42 Å². The number of halogens is 2. The molecule has 1 aliphatic heterocycles. The first kappa shape index (κ1) is 15.6. The second-order valence-corrected chi connectivity index (χ2v) is 5.21. The maximum atomic E-state index is 11.9. The topological polar surface area (TPSA) is 75.7 Å². The van der Waals surface area contributed by atoms with Crippen molar-refractivity contribution in [1.82, 2.24) is 10.2 Å². The quantitative estimate of drug-likeness (QED) is 0.843. The van der Waals surface area contributed by atoms with Crippen LogP contribution in [0.2, 0.25) is 10.0 Å². The zero-order valence-corrected chi connectivity index (χ0v) is 12.4. The largest absolute Gasteiger partial charge is 0.493 e. The molecule has 1 heterocycles. The summed E-state index contributed by atoms with van der Waals surface area (Å²) >= 11 is 11.6. The van der Waals surface area contributed by atoms with Crippen LogP contribution >= 0.6 is 23.2 Å². The Hall–Kier alpha value is -1.79. The third-order valence-corrected chi connectivity index (χ3v) is 3.52. The number of ether oxygens (including phenoxy) is 1. The van der Waals surface area contributed by atoms with E-state index in [1.807, 2.05) is 0 Å². The Labute approximate surface area is 130 Å². The summed E-state index contributed by atoms with van der Waals surface area (Å²) in [6.45, 7) is -0.113. The van der Waals surface area contributed by atoms with Gasteiger partial charge in [0.2, 0.25) is 17.7 Å². The van der Waals surface area contributed by atoms with Gasteiger partial charge in [-0.25, -0.2) is 0 Å². The summed E-state index contributed by atoms with van der Waals surface area (Å²) in [6, 6.07) is 4.78. The molecule has 8 heteroatoms. The van der Waals surface area contributed by atoms with Crippen molar-refractivity contribution >= 4 is 40.9 Å². The minimum atomic E-state index is -0.481. The van der Waals surface area contributed by atoms with E-state index in [-0.39, 0.29) is 32.0 Å². The van der Waals surface area contributed by atoms with Gasteiger partial charge in [0.1, 0.15) is 18.8 Å². The number of hydrogen-bond donors (Lipinski definition) is 1. The van der Waals surface area contributed by atoms with Crippen LogP contribution in [0.1, 0.15) is 6.42 Å². The molecule has 0 aliphatic carbocycles. The Bertz CT molecular complexity index is 576. The summed E-state index contributed by atoms with van der Waals surface area (Å²) in [5.74, 6) is -0.794. The highest BCUT2D eigenvalue weighted by atomic mass is 35.5. The fourth-order valence-electron chi connectivity index (χ4n) is 1.79. The van der Waals surface area contributed by atoms with Crippen molar-refractivity contribution in [1.29, 1.82) is 0 Å². The van der Waals surface area contributed by atoms with E-state index in [0.29, 0.717) is 15.8 Å². The first-order valence-corrected chi connectivity index (χ1v) is 6.89. The number of nitrogens with zero attached hydrogens (tertiary/aromatic N) is 1. The maximum Gasteiger partial charge on any atom is 0.246 e. The lowest BCUT2D eigenvalue weighted by Crippen LogP contribution is -2.53. The van der Waals surface area contributed by atoms with Crippen LogP contribution in [0, 0.1) is 0 Å². The summed E-state index contributed by atoms with van der Waals surface area (Å²) < 4.78 is 5.38. The predicted molar refractivity (Wildman–Crippen MR) is 76.3 cm³/mol. The average molecular weight is 331 g/mol. The Morgan fingerprint density at radius 1 is 1.19 bits per heavy atom. The normalized spacial score (nSPS) is 14.9. The van der Waals surface area contributed by atoms with Gasteiger partial charge in [-0.2, -0.15) is 0 Å². The molecule has 1 aromatic carbocycles. The smallest absolute Gasteiger partial charge is 0.246 e. The third kappa shape index (κ3) is 4.34. The van der Waals surface area contributed by atoms with Crippen LogP contribution in [0.5, 0.6) is 5.75 Å². The lowest BCUT2D eigenvalue weighted by atomic mass is 10.3. The van der Waals surface area contributed by atoms with Gasteiger partial charge in [-0.1, -0.05) is 23.2 Å². The highest BCUT2D eigenvalue weighted by Crippen LogP contribution is 2.26. The van der Waals surface area contributed by atoms with Gasteiger partial charge in [0.25, 0.3) is 0 Å². The highest BCUT2D eigenvalue weighted by molar-refractivity contribution is 6.42. The molecule has 0 unspecified atom stereocenters. The minimum Gasteiger partial charge on any atom is -0.493 e. The summed E-state index contributed by atoms with van der Waals surface area (Å²) in [4.78, 5) is 35.4. The number of amides is 3. The summed E-state index contributed by atoms with van der Waals surface area (Å²) in [5, 5.41) is 2.90. The van der Waals surface area contributed by atoms with Gasteiger partial charge in [0.15, 0.2) is 0 Å². The minimum absolute atomic E-state index is 0.0564. The molecule has 2 rings (SSSR count). The van der Waals surface area contributed by atoms with Crippen molar-refractivity contribution < 1.29 is 19.1 Å². The molecule has 1 saturated heterocycles. The number of piperazine rings is 1. The van der Waals surface area contributed by atoms with Gasteiger partial charge in [-0.05, 0) is 12.1 Å². The van der Waals surface area contributed by atoms with E-state index in [1.165, 1.54) is 4.90 Å². The molecule has 0 radical (unpaired) electrons. The monoisotopic (exact) mass is 330 g/mol. The number of hydrogen-bond acceptors (Lipinski definition) is 4. The first-order chi connectivity index (χ1) is 9.95. The standard InChI is InChI=1S/C13H12Cl2N2O4/c14-9-2-1-8(5-10(9)15)21-4-3-13(20)17-6-11(18)16-12(19)7-17/h1-2,5H,3-4,6-7H2,(H,16,18,19). The molecule has 21 heavy (non-hydrogen) atoms. The molecule has 112 valence electrons. The molecular weight excluding hydrogens is 319 g/mol. The third-order valence-electron chi connectivity index (χ3n) is 2.78. The van der Waals surface area contributed by atoms with Crippen LogP contribution in [0.15, 0.2) is 18.2 Å². The fraction of sp³-hybridized carbons (Fsp3) is 0.308. The molecule has 3 amide bonds. The molecular formula is C13H12Cl2N2O4. The van der Waals surface area contributed by atoms with Crippen LogP contribution in [-0.2, 0) is 14.4 Å². The van der Waals surface area contributed by atoms with Crippen molar-refractivity contribution in [3.63, 3.8) is 0 Å². The van der Waals surface area contributed by atoms with E-state index < -0.39 is 11.8 Å². The molecule has 1 fully saturated rings. The van der Waals surface area contributed by atoms with Crippen molar-refractivity contribution in [2.75, 3.05) is 19.7 Å². The lowest BCUT2D eigenvalue weighted by Gasteiger charge is -2.25. The van der Waals surface area contributed by atoms with Gasteiger partial charge >= 0.3 is 0 Å². The van der Waals surface area contributed by atoms with Crippen LogP contribution in [0.4, 0.5) is 0 Å². The van der Waals surface area contributed by atoms with Crippen molar-refractivity contribution in [3.8, 4) is 5.75 Å². The highest BCUT2D eigenvalue weighted by Gasteiger charge is 2.25. The zero-order chi connectivity index (χ0) is 15.4. The molecule has 1 aromatic rings. The number of carbonyl (C=O) groups excluding carboxylic acids is 3. The molecule has 1 aliphatic rings. The van der Waals surface area contributed by atoms with Gasteiger partial charge in [-0.3, -0.25) is 19.7 Å². The van der Waals surface area contributed by atoms with Crippen molar-refractivity contribution in [2.24, 2.45) is 0 Å². The van der Waals surface area contributed by atoms with Gasteiger partial charge < -0.3 is 9.64 Å². The van der Waals surface area contributed by atoms with Gasteiger partial charge in [-0.15, -0.1) is 0 Å². The second kappa shape index (κ2) is 6.78. The maximum absolute atomic E-state index is 11.9. The number of nitrogens with one attached hydrogen (secondary N) is 1. The number of imide groups is 1. The van der Waals surface area contributed by atoms with Crippen molar-refractivity contribution in [3.05, 3.63) is 28.2 Å². The molecule has 0 spiro atoms. The molecule has 6 nitrogen and oxygen atoms in total. The Balaban J connectivity index is 1.82. The molecule has 0 saturated carbocycles. The summed E-state index contributed by atoms with van der Waals surface area (Å²) in [7, 11) is 0. The first-order valence-electron chi connectivity index (χ1n) is 6.14.